The summed E-state index contributed by atoms with van der Waals surface area (Å²) in [6.45, 7) is 0. The molecule has 1 fully saturated rings. The molecule has 17 heavy (non-hydrogen) atoms. The minimum Gasteiger partial charge on any atom is -0.381 e. The molecule has 3 unspecified atom stereocenters. The molecule has 1 aliphatic rings. The third-order valence-corrected chi connectivity index (χ3v) is 4.99. The van der Waals surface area contributed by atoms with Gasteiger partial charge in [0.05, 0.1) is 16.9 Å². The van der Waals surface area contributed by atoms with Gasteiger partial charge in [-0.2, -0.15) is 0 Å². The zero-order chi connectivity index (χ0) is 12.3. The van der Waals surface area contributed by atoms with E-state index in [1.165, 1.54) is 12.1 Å². The average molecular weight is 256 g/mol. The van der Waals surface area contributed by atoms with E-state index in [0.29, 0.717) is 4.90 Å². The van der Waals surface area contributed by atoms with Crippen LogP contribution in [-0.2, 0) is 15.5 Å². The molecular weight excluding hydrogens is 239 g/mol. The monoisotopic (exact) mass is 256 g/mol. The topological polar surface area (TPSA) is 26.3 Å². The first-order valence-corrected chi connectivity index (χ1v) is 7.11. The van der Waals surface area contributed by atoms with Crippen LogP contribution in [0.15, 0.2) is 29.2 Å². The van der Waals surface area contributed by atoms with Crippen molar-refractivity contribution in [2.45, 2.75) is 41.9 Å². The van der Waals surface area contributed by atoms with Gasteiger partial charge in [-0.15, -0.1) is 0 Å². The number of rotatable bonds is 3. The van der Waals surface area contributed by atoms with E-state index in [0.717, 1.165) is 25.7 Å². The third kappa shape index (κ3) is 3.13. The molecular formula is C13H17FO2S. The molecule has 0 amide bonds. The molecule has 0 aromatic heterocycles. The fourth-order valence-electron chi connectivity index (χ4n) is 2.30. The van der Waals surface area contributed by atoms with E-state index >= 15 is 0 Å². The average Bonchev–Trinajstić information content (AvgIpc) is 2.38. The summed E-state index contributed by atoms with van der Waals surface area (Å²) in [6, 6.07) is 6.08. The Bertz CT molecular complexity index is 408. The van der Waals surface area contributed by atoms with E-state index in [-0.39, 0.29) is 17.2 Å². The smallest absolute Gasteiger partial charge is 0.124 e. The van der Waals surface area contributed by atoms with Crippen LogP contribution in [0, 0.1) is 5.82 Å². The molecule has 0 N–H and O–H groups in total. The zero-order valence-electron chi connectivity index (χ0n) is 9.90. The van der Waals surface area contributed by atoms with Crippen LogP contribution in [0.2, 0.25) is 0 Å². The Kier molecular flexibility index (Phi) is 4.29. The van der Waals surface area contributed by atoms with E-state index in [1.807, 2.05) is 0 Å². The van der Waals surface area contributed by atoms with Gasteiger partial charge >= 0.3 is 0 Å². The minimum absolute atomic E-state index is 0.0931. The van der Waals surface area contributed by atoms with Gasteiger partial charge in [-0.3, -0.25) is 4.21 Å². The Morgan fingerprint density at radius 1 is 1.41 bits per heavy atom. The number of hydrogen-bond donors (Lipinski definition) is 0. The van der Waals surface area contributed by atoms with Crippen molar-refractivity contribution in [1.82, 2.24) is 0 Å². The second-order valence-corrected chi connectivity index (χ2v) is 6.13. The van der Waals surface area contributed by atoms with Crippen LogP contribution in [0.25, 0.3) is 0 Å². The second-order valence-electron chi connectivity index (χ2n) is 4.40. The Morgan fingerprint density at radius 2 is 2.24 bits per heavy atom. The fraction of sp³-hybridized carbons (Fsp3) is 0.538. The fourth-order valence-corrected chi connectivity index (χ4v) is 3.89. The molecule has 4 heteroatoms. The highest BCUT2D eigenvalue weighted by atomic mass is 32.2. The highest BCUT2D eigenvalue weighted by Gasteiger charge is 2.27. The van der Waals surface area contributed by atoms with E-state index in [2.05, 4.69) is 0 Å². The number of methoxy groups -OCH3 is 1. The SMILES string of the molecule is COC1CCCC(S(=O)c2cccc(F)c2)C1. The van der Waals surface area contributed by atoms with Gasteiger partial charge in [-0.25, -0.2) is 4.39 Å². The molecule has 0 heterocycles. The van der Waals surface area contributed by atoms with Crippen molar-refractivity contribution in [3.8, 4) is 0 Å². The van der Waals surface area contributed by atoms with Crippen LogP contribution in [0.3, 0.4) is 0 Å². The Balaban J connectivity index is 2.09. The lowest BCUT2D eigenvalue weighted by Crippen LogP contribution is -2.28. The lowest BCUT2D eigenvalue weighted by atomic mass is 9.97. The summed E-state index contributed by atoms with van der Waals surface area (Å²) in [5.74, 6) is -0.324. The molecule has 2 rings (SSSR count). The number of halogens is 1. The van der Waals surface area contributed by atoms with Crippen molar-refractivity contribution < 1.29 is 13.3 Å². The molecule has 1 aliphatic carbocycles. The molecule has 1 saturated carbocycles. The summed E-state index contributed by atoms with van der Waals surface area (Å²) >= 11 is 0. The Hall–Kier alpha value is -0.740. The summed E-state index contributed by atoms with van der Waals surface area (Å²) in [6.07, 6.45) is 4.01. The molecule has 3 atom stereocenters. The zero-order valence-corrected chi connectivity index (χ0v) is 10.7. The Labute approximate surface area is 104 Å². The number of ether oxygens (including phenoxy) is 1. The van der Waals surface area contributed by atoms with Crippen molar-refractivity contribution in [2.75, 3.05) is 7.11 Å². The predicted octanol–water partition coefficient (Wildman–Crippen LogP) is 2.89. The van der Waals surface area contributed by atoms with E-state index < -0.39 is 10.8 Å². The number of hydrogen-bond acceptors (Lipinski definition) is 2. The van der Waals surface area contributed by atoms with Gasteiger partial charge in [0.1, 0.15) is 5.82 Å². The van der Waals surface area contributed by atoms with Gasteiger partial charge in [0.15, 0.2) is 0 Å². The van der Waals surface area contributed by atoms with E-state index in [4.69, 9.17) is 4.74 Å². The molecule has 1 aromatic rings. The van der Waals surface area contributed by atoms with Gasteiger partial charge in [0.25, 0.3) is 0 Å². The molecule has 0 spiro atoms. The molecule has 1 aromatic carbocycles. The second kappa shape index (κ2) is 5.74. The Morgan fingerprint density at radius 3 is 2.94 bits per heavy atom. The van der Waals surface area contributed by atoms with Crippen molar-refractivity contribution in [1.29, 1.82) is 0 Å². The van der Waals surface area contributed by atoms with Gasteiger partial charge in [-0.05, 0) is 43.9 Å². The van der Waals surface area contributed by atoms with Crippen molar-refractivity contribution in [3.05, 3.63) is 30.1 Å². The van der Waals surface area contributed by atoms with Crippen LogP contribution in [-0.4, -0.2) is 22.7 Å². The first-order valence-electron chi connectivity index (χ1n) is 5.89. The van der Waals surface area contributed by atoms with Crippen LogP contribution in [0.5, 0.6) is 0 Å². The standard InChI is InChI=1S/C13H17FO2S/c1-16-11-5-3-7-13(9-11)17(15)12-6-2-4-10(14)8-12/h2,4,6,8,11,13H,3,5,7,9H2,1H3. The van der Waals surface area contributed by atoms with Gasteiger partial charge in [-0.1, -0.05) is 6.07 Å². The summed E-state index contributed by atoms with van der Waals surface area (Å²) < 4.78 is 30.7. The molecule has 0 bridgehead atoms. The first-order chi connectivity index (χ1) is 8.20. The quantitative estimate of drug-likeness (QED) is 0.831. The highest BCUT2D eigenvalue weighted by Crippen LogP contribution is 2.27. The summed E-state index contributed by atoms with van der Waals surface area (Å²) in [5, 5.41) is 0.0931. The van der Waals surface area contributed by atoms with Crippen LogP contribution in [0.4, 0.5) is 4.39 Å². The summed E-state index contributed by atoms with van der Waals surface area (Å²) in [7, 11) is 0.570. The number of benzene rings is 1. The molecule has 2 nitrogen and oxygen atoms in total. The molecule has 0 radical (unpaired) electrons. The normalized spacial score (nSPS) is 26.7. The maximum Gasteiger partial charge on any atom is 0.124 e. The lowest BCUT2D eigenvalue weighted by Gasteiger charge is -2.27. The van der Waals surface area contributed by atoms with Gasteiger partial charge < -0.3 is 4.74 Å². The first kappa shape index (κ1) is 12.7. The maximum absolute atomic E-state index is 13.1. The molecule has 0 aliphatic heterocycles. The van der Waals surface area contributed by atoms with Crippen LogP contribution >= 0.6 is 0 Å². The summed E-state index contributed by atoms with van der Waals surface area (Å²) in [5.41, 5.74) is 0. The van der Waals surface area contributed by atoms with Crippen molar-refractivity contribution in [2.24, 2.45) is 0 Å². The van der Waals surface area contributed by atoms with Crippen LogP contribution < -0.4 is 0 Å². The molecule has 94 valence electrons. The predicted molar refractivity (Wildman–Crippen MR) is 65.9 cm³/mol. The minimum atomic E-state index is -1.12. The third-order valence-electron chi connectivity index (χ3n) is 3.24. The van der Waals surface area contributed by atoms with Gasteiger partial charge in [0.2, 0.25) is 0 Å². The molecule has 0 saturated heterocycles. The van der Waals surface area contributed by atoms with E-state index in [9.17, 15) is 8.60 Å². The van der Waals surface area contributed by atoms with Crippen molar-refractivity contribution >= 4 is 10.8 Å². The summed E-state index contributed by atoms with van der Waals surface area (Å²) in [4.78, 5) is 0.590. The lowest BCUT2D eigenvalue weighted by molar-refractivity contribution is 0.0725. The largest absolute Gasteiger partial charge is 0.381 e. The highest BCUT2D eigenvalue weighted by molar-refractivity contribution is 7.85. The van der Waals surface area contributed by atoms with Gasteiger partial charge in [0, 0.05) is 17.3 Å². The van der Waals surface area contributed by atoms with Crippen molar-refractivity contribution in [3.63, 3.8) is 0 Å². The maximum atomic E-state index is 13.1. The van der Waals surface area contributed by atoms with Crippen LogP contribution in [0.1, 0.15) is 25.7 Å². The van der Waals surface area contributed by atoms with E-state index in [1.54, 1.807) is 19.2 Å².